The standard InChI is InChI=1S/C22H20ClN7O2/c1-14-7-8-16(13-17(14)23)24-20-21(26-19-18(25-20)27-32-28-19)29-9-11-30(12-10-29)22(31)15-5-3-2-4-6-15/h2-8,13H,9-12H2,1H3,(H,24,25,27). The summed E-state index contributed by atoms with van der Waals surface area (Å²) in [5, 5.41) is 11.6. The largest absolute Gasteiger partial charge is 0.350 e. The monoisotopic (exact) mass is 449 g/mol. The van der Waals surface area contributed by atoms with Crippen LogP contribution in [0.25, 0.3) is 11.3 Å². The van der Waals surface area contributed by atoms with Crippen LogP contribution in [0, 0.1) is 6.92 Å². The van der Waals surface area contributed by atoms with Gasteiger partial charge in [-0.15, -0.1) is 0 Å². The van der Waals surface area contributed by atoms with Crippen LogP contribution in [0.1, 0.15) is 15.9 Å². The highest BCUT2D eigenvalue weighted by molar-refractivity contribution is 6.31. The number of carbonyl (C=O) groups excluding carboxylic acids is 1. The predicted molar refractivity (Wildman–Crippen MR) is 121 cm³/mol. The molecule has 1 fully saturated rings. The minimum absolute atomic E-state index is 0.0279. The Bertz CT molecular complexity index is 1270. The van der Waals surface area contributed by atoms with Crippen LogP contribution in [-0.2, 0) is 0 Å². The van der Waals surface area contributed by atoms with Crippen LogP contribution < -0.4 is 10.2 Å². The van der Waals surface area contributed by atoms with Crippen LogP contribution in [0.4, 0.5) is 17.3 Å². The molecule has 0 unspecified atom stereocenters. The van der Waals surface area contributed by atoms with Gasteiger partial charge >= 0.3 is 0 Å². The first kappa shape index (κ1) is 20.2. The van der Waals surface area contributed by atoms with Crippen LogP contribution in [0.5, 0.6) is 0 Å². The van der Waals surface area contributed by atoms with Gasteiger partial charge in [0.05, 0.1) is 0 Å². The fourth-order valence-corrected chi connectivity index (χ4v) is 3.81. The Morgan fingerprint density at radius 2 is 1.72 bits per heavy atom. The molecule has 3 heterocycles. The molecular formula is C22H20ClN7O2. The molecule has 162 valence electrons. The third kappa shape index (κ3) is 3.94. The summed E-state index contributed by atoms with van der Waals surface area (Å²) in [6.07, 6.45) is 0. The molecule has 9 nitrogen and oxygen atoms in total. The Hall–Kier alpha value is -3.72. The smallest absolute Gasteiger partial charge is 0.253 e. The van der Waals surface area contributed by atoms with E-state index in [1.807, 2.05) is 60.4 Å². The van der Waals surface area contributed by atoms with Crippen molar-refractivity contribution in [3.05, 3.63) is 64.7 Å². The molecule has 0 saturated carbocycles. The number of carbonyl (C=O) groups is 1. The molecule has 0 spiro atoms. The van der Waals surface area contributed by atoms with Crippen molar-refractivity contribution in [1.29, 1.82) is 0 Å². The van der Waals surface area contributed by atoms with E-state index in [1.54, 1.807) is 0 Å². The Labute approximate surface area is 189 Å². The van der Waals surface area contributed by atoms with E-state index < -0.39 is 0 Å². The highest BCUT2D eigenvalue weighted by Gasteiger charge is 2.26. The van der Waals surface area contributed by atoms with Gasteiger partial charge in [-0.05, 0) is 47.1 Å². The average Bonchev–Trinajstić information content (AvgIpc) is 3.29. The molecule has 32 heavy (non-hydrogen) atoms. The van der Waals surface area contributed by atoms with Crippen LogP contribution >= 0.6 is 11.6 Å². The number of halogens is 1. The molecule has 1 N–H and O–H groups in total. The lowest BCUT2D eigenvalue weighted by molar-refractivity contribution is 0.0746. The van der Waals surface area contributed by atoms with Gasteiger partial charge in [-0.3, -0.25) is 4.79 Å². The van der Waals surface area contributed by atoms with Crippen molar-refractivity contribution >= 4 is 46.1 Å². The quantitative estimate of drug-likeness (QED) is 0.503. The van der Waals surface area contributed by atoms with Crippen molar-refractivity contribution in [2.24, 2.45) is 0 Å². The molecule has 1 aliphatic rings. The van der Waals surface area contributed by atoms with E-state index in [0.29, 0.717) is 59.7 Å². The van der Waals surface area contributed by atoms with Crippen molar-refractivity contribution in [2.75, 3.05) is 36.4 Å². The second kappa shape index (κ2) is 8.43. The number of fused-ring (bicyclic) bond motifs is 1. The van der Waals surface area contributed by atoms with E-state index in [4.69, 9.17) is 16.2 Å². The first-order valence-corrected chi connectivity index (χ1v) is 10.6. The molecule has 1 amide bonds. The zero-order valence-electron chi connectivity index (χ0n) is 17.3. The van der Waals surface area contributed by atoms with Gasteiger partial charge in [-0.25, -0.2) is 14.6 Å². The molecule has 1 aliphatic heterocycles. The maximum atomic E-state index is 12.8. The van der Waals surface area contributed by atoms with E-state index in [-0.39, 0.29) is 5.91 Å². The highest BCUT2D eigenvalue weighted by Crippen LogP contribution is 2.29. The van der Waals surface area contributed by atoms with Crippen molar-refractivity contribution in [2.45, 2.75) is 6.92 Å². The first-order valence-electron chi connectivity index (χ1n) is 10.2. The number of nitrogens with zero attached hydrogens (tertiary/aromatic N) is 6. The van der Waals surface area contributed by atoms with Gasteiger partial charge in [0.2, 0.25) is 11.3 Å². The highest BCUT2D eigenvalue weighted by atomic mass is 35.5. The van der Waals surface area contributed by atoms with E-state index >= 15 is 0 Å². The Kier molecular flexibility index (Phi) is 5.32. The van der Waals surface area contributed by atoms with Gasteiger partial charge in [-0.2, -0.15) is 0 Å². The van der Waals surface area contributed by atoms with Gasteiger partial charge in [-0.1, -0.05) is 35.9 Å². The van der Waals surface area contributed by atoms with Gasteiger partial charge in [0.25, 0.3) is 5.91 Å². The fraction of sp³-hybridized carbons (Fsp3) is 0.227. The number of benzene rings is 2. The lowest BCUT2D eigenvalue weighted by Crippen LogP contribution is -2.49. The number of rotatable bonds is 4. The van der Waals surface area contributed by atoms with E-state index in [0.717, 1.165) is 11.3 Å². The Morgan fingerprint density at radius 1 is 1.00 bits per heavy atom. The average molecular weight is 450 g/mol. The van der Waals surface area contributed by atoms with Gasteiger partial charge in [0.15, 0.2) is 11.6 Å². The second-order valence-electron chi connectivity index (χ2n) is 7.54. The normalized spacial score (nSPS) is 14.1. The molecule has 0 atom stereocenters. The lowest BCUT2D eigenvalue weighted by Gasteiger charge is -2.35. The second-order valence-corrected chi connectivity index (χ2v) is 7.95. The number of piperazine rings is 1. The number of aromatic nitrogens is 4. The third-order valence-corrected chi connectivity index (χ3v) is 5.82. The van der Waals surface area contributed by atoms with E-state index in [9.17, 15) is 4.79 Å². The maximum Gasteiger partial charge on any atom is 0.253 e. The van der Waals surface area contributed by atoms with Crippen LogP contribution in [-0.4, -0.2) is 57.3 Å². The molecule has 10 heteroatoms. The van der Waals surface area contributed by atoms with Gasteiger partial charge < -0.3 is 15.1 Å². The molecule has 0 bridgehead atoms. The first-order chi connectivity index (χ1) is 15.6. The molecule has 0 aliphatic carbocycles. The van der Waals surface area contributed by atoms with Crippen molar-refractivity contribution in [3.63, 3.8) is 0 Å². The molecule has 1 saturated heterocycles. The summed E-state index contributed by atoms with van der Waals surface area (Å²) in [5.74, 6) is 1.17. The number of nitrogens with one attached hydrogen (secondary N) is 1. The van der Waals surface area contributed by atoms with Crippen molar-refractivity contribution < 1.29 is 9.42 Å². The fourth-order valence-electron chi connectivity index (χ4n) is 3.63. The summed E-state index contributed by atoms with van der Waals surface area (Å²) in [4.78, 5) is 25.9. The summed E-state index contributed by atoms with van der Waals surface area (Å²) >= 11 is 6.28. The van der Waals surface area contributed by atoms with Crippen molar-refractivity contribution in [3.8, 4) is 0 Å². The van der Waals surface area contributed by atoms with Crippen LogP contribution in [0.3, 0.4) is 0 Å². The number of hydrogen-bond acceptors (Lipinski definition) is 8. The predicted octanol–water partition coefficient (Wildman–Crippen LogP) is 3.68. The maximum absolute atomic E-state index is 12.8. The van der Waals surface area contributed by atoms with Crippen LogP contribution in [0.2, 0.25) is 5.02 Å². The zero-order valence-corrected chi connectivity index (χ0v) is 18.1. The molecule has 0 radical (unpaired) electrons. The summed E-state index contributed by atoms with van der Waals surface area (Å²) < 4.78 is 4.80. The lowest BCUT2D eigenvalue weighted by atomic mass is 10.2. The molecule has 4 aromatic rings. The van der Waals surface area contributed by atoms with E-state index in [1.165, 1.54) is 0 Å². The van der Waals surface area contributed by atoms with Gasteiger partial charge in [0, 0.05) is 42.5 Å². The summed E-state index contributed by atoms with van der Waals surface area (Å²) in [6, 6.07) is 15.0. The molecule has 2 aromatic heterocycles. The summed E-state index contributed by atoms with van der Waals surface area (Å²) in [7, 11) is 0. The number of aryl methyl sites for hydroxylation is 1. The molecular weight excluding hydrogens is 430 g/mol. The zero-order chi connectivity index (χ0) is 22.1. The minimum Gasteiger partial charge on any atom is -0.350 e. The summed E-state index contributed by atoms with van der Waals surface area (Å²) in [6.45, 7) is 4.29. The Balaban J connectivity index is 1.39. The van der Waals surface area contributed by atoms with E-state index in [2.05, 4.69) is 30.5 Å². The van der Waals surface area contributed by atoms with Crippen LogP contribution in [0.15, 0.2) is 53.2 Å². The molecule has 2 aromatic carbocycles. The Morgan fingerprint density at radius 3 is 2.44 bits per heavy atom. The summed E-state index contributed by atoms with van der Waals surface area (Å²) in [5.41, 5.74) is 3.10. The third-order valence-electron chi connectivity index (χ3n) is 5.42. The topological polar surface area (TPSA) is 100 Å². The minimum atomic E-state index is 0.0279. The van der Waals surface area contributed by atoms with Crippen molar-refractivity contribution in [1.82, 2.24) is 25.2 Å². The van der Waals surface area contributed by atoms with Gasteiger partial charge in [0.1, 0.15) is 0 Å². The number of hydrogen-bond donors (Lipinski definition) is 1. The number of anilines is 3. The molecule has 5 rings (SSSR count). The number of amides is 1. The SMILES string of the molecule is Cc1ccc(Nc2nc3nonc3nc2N2CCN(C(=O)c3ccccc3)CC2)cc1Cl.